The molecule has 0 atom stereocenters. The number of aromatic nitrogens is 2. The fraction of sp³-hybridized carbons (Fsp3) is 0.500. The van der Waals surface area contributed by atoms with Gasteiger partial charge in [-0.05, 0) is 104 Å². The minimum Gasteiger partial charge on any atom is -0.318 e. The summed E-state index contributed by atoms with van der Waals surface area (Å²) in [7, 11) is 2.04. The van der Waals surface area contributed by atoms with Crippen molar-refractivity contribution < 1.29 is 4.63 Å². The zero-order valence-electron chi connectivity index (χ0n) is 18.7. The van der Waals surface area contributed by atoms with Crippen molar-refractivity contribution in [1.29, 1.82) is 0 Å². The normalized spacial score (nSPS) is 16.2. The van der Waals surface area contributed by atoms with Crippen molar-refractivity contribution in [2.75, 3.05) is 38.2 Å². The third-order valence-electron chi connectivity index (χ3n) is 6.59. The molecule has 3 N–H and O–H groups in total. The van der Waals surface area contributed by atoms with Gasteiger partial charge in [0.25, 0.3) is 0 Å². The van der Waals surface area contributed by atoms with E-state index in [1.54, 1.807) is 0 Å². The van der Waals surface area contributed by atoms with E-state index >= 15 is 0 Å². The number of allylic oxidation sites excluding steroid dienone is 1. The second-order valence-electron chi connectivity index (χ2n) is 8.97. The Labute approximate surface area is 193 Å². The molecule has 7 nitrogen and oxygen atoms in total. The smallest absolute Gasteiger partial charge is 0.137 e. The quantitative estimate of drug-likeness (QED) is 0.336. The molecule has 3 aromatic rings. The van der Waals surface area contributed by atoms with Crippen LogP contribution in [0, 0.1) is 5.92 Å². The lowest BCUT2D eigenvalue weighted by atomic mass is 9.91. The number of anilines is 1. The summed E-state index contributed by atoms with van der Waals surface area (Å²) in [5, 5.41) is 15.2. The molecule has 2 heterocycles. The Morgan fingerprint density at radius 2 is 2.03 bits per heavy atom. The van der Waals surface area contributed by atoms with E-state index in [2.05, 4.69) is 32.0 Å². The van der Waals surface area contributed by atoms with E-state index < -0.39 is 0 Å². The summed E-state index contributed by atoms with van der Waals surface area (Å²) in [6.45, 7) is 4.57. The zero-order valence-corrected chi connectivity index (χ0v) is 19.5. The molecule has 0 unspecified atom stereocenters. The standard InChI is InChI=1S/C24H32N6OS/c1-26-11-13-29(16-17-4-5-17)12-2-3-18-6-9-23-20(10-14-32-23)24(18)30(25)19-7-8-21-22(15-19)28-31-27-21/h7-8,10,14-15,17,26H,2-6,9,11-13,16,25H2,1H3. The average molecular weight is 453 g/mol. The highest BCUT2D eigenvalue weighted by Gasteiger charge is 2.26. The van der Waals surface area contributed by atoms with Crippen LogP contribution in [0.4, 0.5) is 5.69 Å². The Morgan fingerprint density at radius 1 is 1.16 bits per heavy atom. The number of fused-ring (bicyclic) bond motifs is 2. The van der Waals surface area contributed by atoms with Gasteiger partial charge in [0.05, 0.1) is 11.4 Å². The first kappa shape index (κ1) is 21.6. The highest BCUT2D eigenvalue weighted by molar-refractivity contribution is 7.10. The first-order chi connectivity index (χ1) is 15.7. The molecule has 1 aromatic carbocycles. The number of nitrogens with one attached hydrogen (secondary N) is 1. The fourth-order valence-electron chi connectivity index (χ4n) is 4.66. The summed E-state index contributed by atoms with van der Waals surface area (Å²) in [5.41, 5.74) is 6.27. The lowest BCUT2D eigenvalue weighted by Crippen LogP contribution is -2.34. The second kappa shape index (κ2) is 9.70. The van der Waals surface area contributed by atoms with E-state index in [1.807, 2.05) is 41.6 Å². The van der Waals surface area contributed by atoms with Crippen LogP contribution in [0.25, 0.3) is 16.7 Å². The number of rotatable bonds is 11. The molecule has 0 radical (unpaired) electrons. The van der Waals surface area contributed by atoms with Crippen LogP contribution in [-0.2, 0) is 6.42 Å². The number of likely N-dealkylation sites (N-methyl/N-ethyl adjacent to an activating group) is 1. The molecule has 0 bridgehead atoms. The van der Waals surface area contributed by atoms with Gasteiger partial charge >= 0.3 is 0 Å². The number of hydrogen-bond acceptors (Lipinski definition) is 8. The maximum atomic E-state index is 6.75. The van der Waals surface area contributed by atoms with Crippen molar-refractivity contribution >= 4 is 33.8 Å². The molecule has 0 aliphatic heterocycles. The monoisotopic (exact) mass is 452 g/mol. The van der Waals surface area contributed by atoms with Crippen molar-refractivity contribution in [2.45, 2.75) is 38.5 Å². The van der Waals surface area contributed by atoms with Gasteiger partial charge < -0.3 is 10.2 Å². The van der Waals surface area contributed by atoms with Crippen molar-refractivity contribution in [3.63, 3.8) is 0 Å². The summed E-state index contributed by atoms with van der Waals surface area (Å²) >= 11 is 1.83. The number of benzene rings is 1. The largest absolute Gasteiger partial charge is 0.318 e. The maximum Gasteiger partial charge on any atom is 0.137 e. The SMILES string of the molecule is CNCCN(CCCC1=C(N(N)c2ccc3nonc3c2)c2ccsc2CC1)CC1CC1. The Morgan fingerprint density at radius 3 is 2.88 bits per heavy atom. The number of nitrogens with two attached hydrogens (primary N) is 1. The summed E-state index contributed by atoms with van der Waals surface area (Å²) in [5.74, 6) is 7.67. The van der Waals surface area contributed by atoms with Crippen LogP contribution in [0.2, 0.25) is 0 Å². The Hall–Kier alpha value is -2.26. The van der Waals surface area contributed by atoms with Crippen LogP contribution in [0.3, 0.4) is 0 Å². The Balaban J connectivity index is 1.35. The van der Waals surface area contributed by atoms with Gasteiger partial charge in [0.2, 0.25) is 0 Å². The number of aryl methyl sites for hydroxylation is 1. The van der Waals surface area contributed by atoms with Crippen molar-refractivity contribution in [1.82, 2.24) is 20.5 Å². The number of nitrogens with zero attached hydrogens (tertiary/aromatic N) is 4. The third-order valence-corrected chi connectivity index (χ3v) is 7.57. The molecular formula is C24H32N6OS. The van der Waals surface area contributed by atoms with Crippen molar-refractivity contribution in [2.24, 2.45) is 11.8 Å². The number of hydrazine groups is 1. The molecule has 170 valence electrons. The highest BCUT2D eigenvalue weighted by Crippen LogP contribution is 2.39. The number of thiophene rings is 1. The second-order valence-corrected chi connectivity index (χ2v) is 9.97. The van der Waals surface area contributed by atoms with Crippen LogP contribution >= 0.6 is 11.3 Å². The molecule has 1 fully saturated rings. The van der Waals surface area contributed by atoms with E-state index in [4.69, 9.17) is 10.5 Å². The molecule has 0 amide bonds. The van der Waals surface area contributed by atoms with Gasteiger partial charge in [0, 0.05) is 30.1 Å². The van der Waals surface area contributed by atoms with Gasteiger partial charge in [0.1, 0.15) is 11.0 Å². The third kappa shape index (κ3) is 4.73. The molecule has 1 saturated carbocycles. The lowest BCUT2D eigenvalue weighted by molar-refractivity contribution is 0.261. The fourth-order valence-corrected chi connectivity index (χ4v) is 5.54. The van der Waals surface area contributed by atoms with Crippen molar-refractivity contribution in [3.05, 3.63) is 45.7 Å². The molecule has 0 saturated heterocycles. The van der Waals surface area contributed by atoms with E-state index in [-0.39, 0.29) is 0 Å². The van der Waals surface area contributed by atoms with E-state index in [9.17, 15) is 0 Å². The van der Waals surface area contributed by atoms with Crippen LogP contribution in [-0.4, -0.2) is 48.4 Å². The molecule has 32 heavy (non-hydrogen) atoms. The topological polar surface area (TPSA) is 83.5 Å². The van der Waals surface area contributed by atoms with E-state index in [1.165, 1.54) is 35.4 Å². The molecule has 8 heteroatoms. The molecule has 2 aliphatic rings. The Bertz CT molecular complexity index is 1090. The molecule has 0 spiro atoms. The zero-order chi connectivity index (χ0) is 21.9. The van der Waals surface area contributed by atoms with Crippen LogP contribution in [0.5, 0.6) is 0 Å². The first-order valence-electron chi connectivity index (χ1n) is 11.7. The molecule has 2 aromatic heterocycles. The summed E-state index contributed by atoms with van der Waals surface area (Å²) in [6.07, 6.45) is 7.22. The van der Waals surface area contributed by atoms with Crippen LogP contribution in [0.15, 0.2) is 39.8 Å². The first-order valence-corrected chi connectivity index (χ1v) is 12.5. The predicted molar refractivity (Wildman–Crippen MR) is 130 cm³/mol. The summed E-state index contributed by atoms with van der Waals surface area (Å²) in [6, 6.07) is 8.08. The van der Waals surface area contributed by atoms with E-state index in [0.717, 1.165) is 73.7 Å². The van der Waals surface area contributed by atoms with Crippen LogP contribution < -0.4 is 16.2 Å². The minimum atomic E-state index is 0.724. The molecule has 5 rings (SSSR count). The summed E-state index contributed by atoms with van der Waals surface area (Å²) in [4.78, 5) is 4.06. The molecular weight excluding hydrogens is 420 g/mol. The predicted octanol–water partition coefficient (Wildman–Crippen LogP) is 4.03. The highest BCUT2D eigenvalue weighted by atomic mass is 32.1. The average Bonchev–Trinajstić information content (AvgIpc) is 3.29. The minimum absolute atomic E-state index is 0.724. The molecule has 2 aliphatic carbocycles. The van der Waals surface area contributed by atoms with Gasteiger partial charge in [-0.1, -0.05) is 0 Å². The lowest BCUT2D eigenvalue weighted by Gasteiger charge is -2.30. The summed E-state index contributed by atoms with van der Waals surface area (Å²) < 4.78 is 4.87. The van der Waals surface area contributed by atoms with Gasteiger partial charge in [-0.2, -0.15) is 0 Å². The van der Waals surface area contributed by atoms with E-state index in [0.29, 0.717) is 0 Å². The maximum absolute atomic E-state index is 6.75. The van der Waals surface area contributed by atoms with Gasteiger partial charge in [-0.15, -0.1) is 11.3 Å². The van der Waals surface area contributed by atoms with Gasteiger partial charge in [-0.25, -0.2) is 10.5 Å². The van der Waals surface area contributed by atoms with Crippen molar-refractivity contribution in [3.8, 4) is 0 Å². The van der Waals surface area contributed by atoms with Gasteiger partial charge in [-0.3, -0.25) is 5.01 Å². The van der Waals surface area contributed by atoms with Crippen LogP contribution in [0.1, 0.15) is 42.5 Å². The number of hydrogen-bond donors (Lipinski definition) is 2. The Kier molecular flexibility index (Phi) is 6.54. The van der Waals surface area contributed by atoms with Gasteiger partial charge in [0.15, 0.2) is 0 Å².